The normalized spacial score (nSPS) is 10.4. The number of hydrogen-bond acceptors (Lipinski definition) is 4. The fourth-order valence-electron chi connectivity index (χ4n) is 1.94. The smallest absolute Gasteiger partial charge is 0.275 e. The van der Waals surface area contributed by atoms with Gasteiger partial charge in [-0.15, -0.1) is 11.3 Å². The van der Waals surface area contributed by atoms with Gasteiger partial charge in [0.2, 0.25) is 0 Å². The van der Waals surface area contributed by atoms with Gasteiger partial charge in [0.25, 0.3) is 5.91 Å². The van der Waals surface area contributed by atoms with E-state index in [1.807, 2.05) is 18.2 Å². The lowest BCUT2D eigenvalue weighted by molar-refractivity contribution is 0.0957. The average Bonchev–Trinajstić information content (AvgIpc) is 3.00. The van der Waals surface area contributed by atoms with Crippen LogP contribution in [0.2, 0.25) is 0 Å². The van der Waals surface area contributed by atoms with E-state index in [1.165, 1.54) is 29.7 Å². The number of benzene rings is 1. The number of hydrazine groups is 1. The molecule has 2 rings (SSSR count). The molecule has 0 atom stereocenters. The average molecular weight is 304 g/mol. The number of nitrogen functional groups attached to an aromatic ring is 1. The minimum Gasteiger partial charge on any atom is -0.488 e. The summed E-state index contributed by atoms with van der Waals surface area (Å²) in [6, 6.07) is 11.8. The number of carbonyl (C=O) groups excluding carboxylic acids is 1. The molecule has 0 fully saturated rings. The van der Waals surface area contributed by atoms with E-state index in [1.54, 1.807) is 6.07 Å². The van der Waals surface area contributed by atoms with Crippen LogP contribution in [-0.4, -0.2) is 5.91 Å². The summed E-state index contributed by atoms with van der Waals surface area (Å²) < 4.78 is 5.73. The predicted molar refractivity (Wildman–Crippen MR) is 85.4 cm³/mol. The molecule has 3 N–H and O–H groups in total. The lowest BCUT2D eigenvalue weighted by Crippen LogP contribution is -2.29. The van der Waals surface area contributed by atoms with Crippen molar-refractivity contribution in [3.8, 4) is 5.75 Å². The van der Waals surface area contributed by atoms with Crippen LogP contribution >= 0.6 is 11.3 Å². The molecule has 112 valence electrons. The highest BCUT2D eigenvalue weighted by molar-refractivity contribution is 7.14. The van der Waals surface area contributed by atoms with Crippen LogP contribution in [0, 0.1) is 0 Å². The number of carbonyl (C=O) groups is 1. The third-order valence-corrected chi connectivity index (χ3v) is 4.20. The van der Waals surface area contributed by atoms with Crippen LogP contribution in [0.5, 0.6) is 5.75 Å². The zero-order valence-corrected chi connectivity index (χ0v) is 12.9. The summed E-state index contributed by atoms with van der Waals surface area (Å²) in [7, 11) is 0. The summed E-state index contributed by atoms with van der Waals surface area (Å²) in [4.78, 5) is 12.9. The van der Waals surface area contributed by atoms with Crippen molar-refractivity contribution in [3.05, 3.63) is 51.7 Å². The molecular formula is C16H20N2O2S. The highest BCUT2D eigenvalue weighted by Gasteiger charge is 2.07. The first kappa shape index (κ1) is 15.5. The van der Waals surface area contributed by atoms with Crippen molar-refractivity contribution in [1.82, 2.24) is 5.43 Å². The van der Waals surface area contributed by atoms with Crippen LogP contribution in [0.4, 0.5) is 0 Å². The zero-order chi connectivity index (χ0) is 15.1. The van der Waals surface area contributed by atoms with Crippen LogP contribution in [0.15, 0.2) is 36.4 Å². The summed E-state index contributed by atoms with van der Waals surface area (Å²) >= 11 is 1.38. The van der Waals surface area contributed by atoms with E-state index in [0.717, 1.165) is 17.0 Å². The van der Waals surface area contributed by atoms with Crippen LogP contribution in [0.3, 0.4) is 0 Å². The SMILES string of the molecule is CCCCc1ccc(OCc2ccc(C(=O)NN)s2)cc1. The Morgan fingerprint density at radius 1 is 1.24 bits per heavy atom. The van der Waals surface area contributed by atoms with E-state index in [4.69, 9.17) is 10.6 Å². The van der Waals surface area contributed by atoms with Gasteiger partial charge in [-0.1, -0.05) is 25.5 Å². The lowest BCUT2D eigenvalue weighted by atomic mass is 10.1. The number of nitrogens with one attached hydrogen (secondary N) is 1. The first-order chi connectivity index (χ1) is 10.2. The second-order valence-corrected chi connectivity index (χ2v) is 5.94. The Kier molecular flexibility index (Phi) is 5.78. The number of rotatable bonds is 7. The Morgan fingerprint density at radius 2 is 2.00 bits per heavy atom. The first-order valence-corrected chi connectivity index (χ1v) is 7.86. The molecule has 5 heteroatoms. The van der Waals surface area contributed by atoms with E-state index >= 15 is 0 Å². The van der Waals surface area contributed by atoms with Crippen LogP contribution < -0.4 is 16.0 Å². The minimum absolute atomic E-state index is 0.272. The number of hydrogen-bond donors (Lipinski definition) is 2. The molecule has 1 aromatic heterocycles. The molecule has 21 heavy (non-hydrogen) atoms. The van der Waals surface area contributed by atoms with Gasteiger partial charge in [-0.2, -0.15) is 0 Å². The molecule has 0 aliphatic heterocycles. The maximum absolute atomic E-state index is 11.4. The molecule has 0 radical (unpaired) electrons. The summed E-state index contributed by atoms with van der Waals surface area (Å²) in [6.45, 7) is 2.65. The van der Waals surface area contributed by atoms with E-state index in [9.17, 15) is 4.79 Å². The molecule has 1 amide bonds. The van der Waals surface area contributed by atoms with Crippen molar-refractivity contribution >= 4 is 17.2 Å². The van der Waals surface area contributed by atoms with Crippen molar-refractivity contribution in [2.75, 3.05) is 0 Å². The molecular weight excluding hydrogens is 284 g/mol. The molecule has 2 aromatic rings. The van der Waals surface area contributed by atoms with E-state index in [0.29, 0.717) is 11.5 Å². The molecule has 0 saturated carbocycles. The largest absolute Gasteiger partial charge is 0.488 e. The van der Waals surface area contributed by atoms with Gasteiger partial charge < -0.3 is 4.74 Å². The number of aryl methyl sites for hydroxylation is 1. The fraction of sp³-hybridized carbons (Fsp3) is 0.312. The van der Waals surface area contributed by atoms with Gasteiger partial charge in [-0.3, -0.25) is 10.2 Å². The maximum Gasteiger partial charge on any atom is 0.275 e. The standard InChI is InChI=1S/C16H20N2O2S/c1-2-3-4-12-5-7-13(8-6-12)20-11-14-9-10-15(21-14)16(19)18-17/h5-10H,2-4,11,17H2,1H3,(H,18,19). The molecule has 4 nitrogen and oxygen atoms in total. The van der Waals surface area contributed by atoms with Crippen molar-refractivity contribution in [2.45, 2.75) is 32.8 Å². The minimum atomic E-state index is -0.272. The molecule has 0 unspecified atom stereocenters. The van der Waals surface area contributed by atoms with Crippen molar-refractivity contribution < 1.29 is 9.53 Å². The maximum atomic E-state index is 11.4. The predicted octanol–water partition coefficient (Wildman–Crippen LogP) is 3.27. The van der Waals surface area contributed by atoms with Crippen LogP contribution in [-0.2, 0) is 13.0 Å². The van der Waals surface area contributed by atoms with Gasteiger partial charge in [0.05, 0.1) is 4.88 Å². The Labute approximate surface area is 128 Å². The van der Waals surface area contributed by atoms with Gasteiger partial charge in [0.15, 0.2) is 0 Å². The topological polar surface area (TPSA) is 64.3 Å². The highest BCUT2D eigenvalue weighted by Crippen LogP contribution is 2.20. The van der Waals surface area contributed by atoms with E-state index < -0.39 is 0 Å². The molecule has 0 spiro atoms. The Hall–Kier alpha value is -1.85. The molecule has 0 bridgehead atoms. The second kappa shape index (κ2) is 7.81. The van der Waals surface area contributed by atoms with Crippen molar-refractivity contribution in [3.63, 3.8) is 0 Å². The van der Waals surface area contributed by atoms with Gasteiger partial charge in [-0.25, -0.2) is 5.84 Å². The first-order valence-electron chi connectivity index (χ1n) is 7.04. The highest BCUT2D eigenvalue weighted by atomic mass is 32.1. The van der Waals surface area contributed by atoms with Crippen molar-refractivity contribution in [1.29, 1.82) is 0 Å². The number of amides is 1. The molecule has 0 saturated heterocycles. The molecule has 0 aliphatic carbocycles. The number of unbranched alkanes of at least 4 members (excludes halogenated alkanes) is 1. The summed E-state index contributed by atoms with van der Waals surface area (Å²) in [5.74, 6) is 5.67. The summed E-state index contributed by atoms with van der Waals surface area (Å²) in [5, 5.41) is 0. The number of thiophene rings is 1. The number of nitrogens with two attached hydrogens (primary N) is 1. The van der Waals surface area contributed by atoms with Crippen LogP contribution in [0.25, 0.3) is 0 Å². The summed E-state index contributed by atoms with van der Waals surface area (Å²) in [5.41, 5.74) is 3.46. The van der Waals surface area contributed by atoms with Gasteiger partial charge in [0.1, 0.15) is 12.4 Å². The Morgan fingerprint density at radius 3 is 2.67 bits per heavy atom. The van der Waals surface area contributed by atoms with E-state index in [-0.39, 0.29) is 5.91 Å². The number of ether oxygens (including phenoxy) is 1. The zero-order valence-electron chi connectivity index (χ0n) is 12.1. The summed E-state index contributed by atoms with van der Waals surface area (Å²) in [6.07, 6.45) is 3.52. The second-order valence-electron chi connectivity index (χ2n) is 4.78. The Balaban J connectivity index is 1.87. The van der Waals surface area contributed by atoms with Crippen molar-refractivity contribution in [2.24, 2.45) is 5.84 Å². The van der Waals surface area contributed by atoms with Gasteiger partial charge >= 0.3 is 0 Å². The van der Waals surface area contributed by atoms with Crippen LogP contribution in [0.1, 0.15) is 39.9 Å². The van der Waals surface area contributed by atoms with Gasteiger partial charge in [0, 0.05) is 4.88 Å². The monoisotopic (exact) mass is 304 g/mol. The third-order valence-electron chi connectivity index (χ3n) is 3.14. The van der Waals surface area contributed by atoms with Gasteiger partial charge in [-0.05, 0) is 42.7 Å². The Bertz CT molecular complexity index is 578. The molecule has 0 aliphatic rings. The fourth-order valence-corrected chi connectivity index (χ4v) is 2.76. The molecule has 1 aromatic carbocycles. The molecule has 1 heterocycles. The quantitative estimate of drug-likeness (QED) is 0.469. The van der Waals surface area contributed by atoms with E-state index in [2.05, 4.69) is 24.5 Å². The third kappa shape index (κ3) is 4.58. The lowest BCUT2D eigenvalue weighted by Gasteiger charge is -2.06.